The predicted octanol–water partition coefficient (Wildman–Crippen LogP) is 2.16. The normalized spacial score (nSPS) is 19.7. The highest BCUT2D eigenvalue weighted by atomic mass is 127. The molecule has 1 aliphatic rings. The summed E-state index contributed by atoms with van der Waals surface area (Å²) in [5.74, 6) is 0.855. The smallest absolute Gasteiger partial charge is 0.254 e. The Morgan fingerprint density at radius 2 is 2.33 bits per heavy atom. The topological polar surface area (TPSA) is 38.8 Å². The molecular formula is C13H16INO3. The largest absolute Gasteiger partial charge is 0.496 e. The third kappa shape index (κ3) is 2.95. The highest BCUT2D eigenvalue weighted by Crippen LogP contribution is 2.22. The lowest BCUT2D eigenvalue weighted by atomic mass is 10.1. The molecule has 2 rings (SSSR count). The molecular weight excluding hydrogens is 345 g/mol. The van der Waals surface area contributed by atoms with Crippen LogP contribution in [0.4, 0.5) is 0 Å². The van der Waals surface area contributed by atoms with E-state index in [0.717, 1.165) is 9.32 Å². The van der Waals surface area contributed by atoms with Crippen molar-refractivity contribution in [2.45, 2.75) is 13.0 Å². The number of ether oxygens (including phenoxy) is 2. The van der Waals surface area contributed by atoms with Crippen LogP contribution in [0.5, 0.6) is 5.75 Å². The van der Waals surface area contributed by atoms with Crippen LogP contribution in [0.25, 0.3) is 0 Å². The number of carbonyl (C=O) groups is 1. The molecule has 1 aliphatic heterocycles. The third-order valence-corrected chi connectivity index (χ3v) is 3.77. The highest BCUT2D eigenvalue weighted by molar-refractivity contribution is 14.1. The Morgan fingerprint density at radius 1 is 1.56 bits per heavy atom. The first-order valence-corrected chi connectivity index (χ1v) is 6.94. The van der Waals surface area contributed by atoms with E-state index >= 15 is 0 Å². The average molecular weight is 361 g/mol. The second-order valence-electron chi connectivity index (χ2n) is 4.28. The number of methoxy groups -OCH3 is 1. The number of amides is 1. The summed E-state index contributed by atoms with van der Waals surface area (Å²) in [5, 5.41) is 0. The molecule has 18 heavy (non-hydrogen) atoms. The molecule has 5 heteroatoms. The minimum absolute atomic E-state index is 0.0609. The average Bonchev–Trinajstić information content (AvgIpc) is 2.37. The van der Waals surface area contributed by atoms with E-state index < -0.39 is 0 Å². The van der Waals surface area contributed by atoms with E-state index in [1.165, 1.54) is 0 Å². The van der Waals surface area contributed by atoms with Gasteiger partial charge in [-0.15, -0.1) is 0 Å². The van der Waals surface area contributed by atoms with Crippen molar-refractivity contribution in [2.24, 2.45) is 0 Å². The van der Waals surface area contributed by atoms with Gasteiger partial charge in [-0.05, 0) is 47.7 Å². The molecule has 1 aromatic rings. The summed E-state index contributed by atoms with van der Waals surface area (Å²) in [6, 6.07) is 5.50. The van der Waals surface area contributed by atoms with Crippen molar-refractivity contribution in [1.29, 1.82) is 0 Å². The molecule has 1 amide bonds. The Kier molecular flexibility index (Phi) is 4.45. The van der Waals surface area contributed by atoms with Crippen molar-refractivity contribution in [1.82, 2.24) is 4.90 Å². The molecule has 1 fully saturated rings. The SMILES string of the molecule is COc1ccc(C(=O)N2CCO[C@@H](C)C2)cc1I. The molecule has 98 valence electrons. The van der Waals surface area contributed by atoms with Crippen molar-refractivity contribution in [3.8, 4) is 5.75 Å². The Bertz CT molecular complexity index is 450. The van der Waals surface area contributed by atoms with E-state index in [0.29, 0.717) is 25.3 Å². The summed E-state index contributed by atoms with van der Waals surface area (Å²) in [6.07, 6.45) is 0.111. The number of hydrogen-bond donors (Lipinski definition) is 0. The number of rotatable bonds is 2. The first-order chi connectivity index (χ1) is 8.61. The number of halogens is 1. The zero-order valence-corrected chi connectivity index (χ0v) is 12.6. The van der Waals surface area contributed by atoms with Gasteiger partial charge in [0.1, 0.15) is 5.75 Å². The molecule has 0 saturated carbocycles. The highest BCUT2D eigenvalue weighted by Gasteiger charge is 2.22. The monoisotopic (exact) mass is 361 g/mol. The van der Waals surface area contributed by atoms with Crippen LogP contribution in [-0.2, 0) is 4.74 Å². The second kappa shape index (κ2) is 5.88. The summed E-state index contributed by atoms with van der Waals surface area (Å²) >= 11 is 2.17. The van der Waals surface area contributed by atoms with Crippen LogP contribution < -0.4 is 4.74 Å². The van der Waals surface area contributed by atoms with Crippen molar-refractivity contribution >= 4 is 28.5 Å². The predicted molar refractivity (Wildman–Crippen MR) is 77.0 cm³/mol. The molecule has 0 aromatic heterocycles. The van der Waals surface area contributed by atoms with Crippen LogP contribution in [0.15, 0.2) is 18.2 Å². The van der Waals surface area contributed by atoms with E-state index in [1.54, 1.807) is 7.11 Å². The maximum absolute atomic E-state index is 12.3. The fourth-order valence-electron chi connectivity index (χ4n) is 1.98. The van der Waals surface area contributed by atoms with Gasteiger partial charge in [0.15, 0.2) is 0 Å². The van der Waals surface area contributed by atoms with Gasteiger partial charge in [-0.25, -0.2) is 0 Å². The van der Waals surface area contributed by atoms with Crippen LogP contribution in [-0.4, -0.2) is 43.7 Å². The van der Waals surface area contributed by atoms with Crippen LogP contribution in [0, 0.1) is 3.57 Å². The Hall–Kier alpha value is -0.820. The molecule has 1 heterocycles. The Labute approximate surface area is 120 Å². The molecule has 0 N–H and O–H groups in total. The minimum Gasteiger partial charge on any atom is -0.496 e. The van der Waals surface area contributed by atoms with Crippen molar-refractivity contribution < 1.29 is 14.3 Å². The van der Waals surface area contributed by atoms with Crippen molar-refractivity contribution in [3.63, 3.8) is 0 Å². The Morgan fingerprint density at radius 3 is 2.94 bits per heavy atom. The van der Waals surface area contributed by atoms with Crippen LogP contribution in [0.1, 0.15) is 17.3 Å². The number of benzene rings is 1. The number of morpholine rings is 1. The van der Waals surface area contributed by atoms with E-state index in [9.17, 15) is 4.79 Å². The van der Waals surface area contributed by atoms with E-state index in [-0.39, 0.29) is 12.0 Å². The molecule has 0 unspecified atom stereocenters. The van der Waals surface area contributed by atoms with Gasteiger partial charge >= 0.3 is 0 Å². The molecule has 0 radical (unpaired) electrons. The lowest BCUT2D eigenvalue weighted by molar-refractivity contribution is -0.0124. The molecule has 0 aliphatic carbocycles. The lowest BCUT2D eigenvalue weighted by Gasteiger charge is -2.31. The van der Waals surface area contributed by atoms with E-state index in [1.807, 2.05) is 30.0 Å². The van der Waals surface area contributed by atoms with Crippen molar-refractivity contribution in [3.05, 3.63) is 27.3 Å². The van der Waals surface area contributed by atoms with Gasteiger partial charge in [0.05, 0.1) is 23.4 Å². The van der Waals surface area contributed by atoms with E-state index in [4.69, 9.17) is 9.47 Å². The first-order valence-electron chi connectivity index (χ1n) is 5.86. The standard InChI is InChI=1S/C13H16INO3/c1-9-8-15(5-6-18-9)13(16)10-3-4-12(17-2)11(14)7-10/h3-4,7,9H,5-6,8H2,1-2H3/t9-/m0/s1. The zero-order valence-electron chi connectivity index (χ0n) is 10.5. The molecule has 1 atom stereocenters. The Balaban J connectivity index is 2.15. The van der Waals surface area contributed by atoms with Gasteiger partial charge in [0, 0.05) is 18.7 Å². The number of carbonyl (C=O) groups excluding carboxylic acids is 1. The maximum atomic E-state index is 12.3. The quantitative estimate of drug-likeness (QED) is 0.758. The summed E-state index contributed by atoms with van der Waals surface area (Å²) in [4.78, 5) is 14.2. The van der Waals surface area contributed by atoms with Crippen LogP contribution >= 0.6 is 22.6 Å². The van der Waals surface area contributed by atoms with Gasteiger partial charge in [0.2, 0.25) is 0 Å². The van der Waals surface area contributed by atoms with Gasteiger partial charge in [-0.2, -0.15) is 0 Å². The summed E-state index contributed by atoms with van der Waals surface area (Å²) in [6.45, 7) is 3.91. The fourth-order valence-corrected chi connectivity index (χ4v) is 2.72. The maximum Gasteiger partial charge on any atom is 0.254 e. The summed E-state index contributed by atoms with van der Waals surface area (Å²) in [7, 11) is 1.63. The molecule has 0 bridgehead atoms. The number of nitrogens with zero attached hydrogens (tertiary/aromatic N) is 1. The zero-order chi connectivity index (χ0) is 13.1. The minimum atomic E-state index is 0.0609. The fraction of sp³-hybridized carbons (Fsp3) is 0.462. The third-order valence-electron chi connectivity index (χ3n) is 2.93. The molecule has 4 nitrogen and oxygen atoms in total. The van der Waals surface area contributed by atoms with E-state index in [2.05, 4.69) is 22.6 Å². The van der Waals surface area contributed by atoms with Gasteiger partial charge in [0.25, 0.3) is 5.91 Å². The van der Waals surface area contributed by atoms with Gasteiger partial charge in [-0.1, -0.05) is 0 Å². The summed E-state index contributed by atoms with van der Waals surface area (Å²) < 4.78 is 11.6. The summed E-state index contributed by atoms with van der Waals surface area (Å²) in [5.41, 5.74) is 0.703. The first kappa shape index (κ1) is 13.6. The van der Waals surface area contributed by atoms with Crippen LogP contribution in [0.2, 0.25) is 0 Å². The number of hydrogen-bond acceptors (Lipinski definition) is 3. The molecule has 0 spiro atoms. The van der Waals surface area contributed by atoms with Crippen LogP contribution in [0.3, 0.4) is 0 Å². The lowest BCUT2D eigenvalue weighted by Crippen LogP contribution is -2.44. The van der Waals surface area contributed by atoms with Gasteiger partial charge in [-0.3, -0.25) is 4.79 Å². The van der Waals surface area contributed by atoms with Crippen molar-refractivity contribution in [2.75, 3.05) is 26.8 Å². The second-order valence-corrected chi connectivity index (χ2v) is 5.44. The molecule has 1 aromatic carbocycles. The molecule has 1 saturated heterocycles. The van der Waals surface area contributed by atoms with Gasteiger partial charge < -0.3 is 14.4 Å².